The number of aldehydes is 1. The summed E-state index contributed by atoms with van der Waals surface area (Å²) in [6.07, 6.45) is 5.92. The number of thioether (sulfide) groups is 3. The van der Waals surface area contributed by atoms with Crippen LogP contribution < -0.4 is 0 Å². The number of rotatable bonds is 7. The number of aliphatic hydroxyl groups is 1. The summed E-state index contributed by atoms with van der Waals surface area (Å²) in [4.78, 5) is 36.4. The number of esters is 1. The summed E-state index contributed by atoms with van der Waals surface area (Å²) in [6.45, 7) is 27.4. The smallest absolute Gasteiger partial charge is 0.356 e. The first-order valence-corrected chi connectivity index (χ1v) is 24.4. The third-order valence-electron chi connectivity index (χ3n) is 10.3. The summed E-state index contributed by atoms with van der Waals surface area (Å²) in [5.41, 5.74) is 5.72. The highest BCUT2D eigenvalue weighted by atomic mass is 32.2. The number of nitrogens with zero attached hydrogens (tertiary/aromatic N) is 6. The monoisotopic (exact) mass is 910 g/mol. The van der Waals surface area contributed by atoms with E-state index in [9.17, 15) is 14.7 Å². The minimum Gasteiger partial charge on any atom is -0.461 e. The summed E-state index contributed by atoms with van der Waals surface area (Å²) < 4.78 is 11.4. The van der Waals surface area contributed by atoms with Crippen LogP contribution in [-0.4, -0.2) is 66.9 Å². The fraction of sp³-hybridized carbons (Fsp3) is 0.420. The Morgan fingerprint density at radius 3 is 1.38 bits per heavy atom. The Bertz CT molecular complexity index is 2340. The number of carbonyl (C=O) groups is 2. The second kappa shape index (κ2) is 22.9. The van der Waals surface area contributed by atoms with Crippen molar-refractivity contribution < 1.29 is 19.4 Å². The van der Waals surface area contributed by atoms with Gasteiger partial charge in [-0.3, -0.25) is 4.79 Å². The van der Waals surface area contributed by atoms with Gasteiger partial charge in [-0.1, -0.05) is 168 Å². The number of fused-ring (bicyclic) bond motifs is 3. The summed E-state index contributed by atoms with van der Waals surface area (Å²) in [5.74, 6) is -0.310. The van der Waals surface area contributed by atoms with E-state index in [2.05, 4.69) is 110 Å². The van der Waals surface area contributed by atoms with Crippen molar-refractivity contribution in [1.82, 2.24) is 28.7 Å². The number of benzene rings is 3. The minimum atomic E-state index is -0.310. The van der Waals surface area contributed by atoms with Crippen LogP contribution in [-0.2, 0) is 11.3 Å². The van der Waals surface area contributed by atoms with Crippen LogP contribution >= 0.6 is 35.3 Å². The van der Waals surface area contributed by atoms with Crippen molar-refractivity contribution in [2.45, 2.75) is 144 Å². The quantitative estimate of drug-likeness (QED) is 0.123. The summed E-state index contributed by atoms with van der Waals surface area (Å²) in [5, 5.41) is 12.3. The average molecular weight is 911 g/mol. The minimum absolute atomic E-state index is 0.00269. The molecule has 6 aromatic rings. The van der Waals surface area contributed by atoms with E-state index in [4.69, 9.17) is 4.74 Å². The molecular formula is C50H66N6O4S3. The number of carbonyl (C=O) groups excluding carboxylic acids is 2. The number of aromatic nitrogens is 6. The molecule has 63 heavy (non-hydrogen) atoms. The second-order valence-corrected chi connectivity index (χ2v) is 20.5. The molecule has 0 amide bonds. The zero-order valence-corrected chi connectivity index (χ0v) is 41.6. The molecule has 0 saturated carbocycles. The van der Waals surface area contributed by atoms with Crippen LogP contribution in [0.1, 0.15) is 151 Å². The van der Waals surface area contributed by atoms with Gasteiger partial charge in [0.2, 0.25) is 0 Å². The van der Waals surface area contributed by atoms with Crippen molar-refractivity contribution in [3.05, 3.63) is 143 Å². The predicted molar refractivity (Wildman–Crippen MR) is 262 cm³/mol. The lowest BCUT2D eigenvalue weighted by Gasteiger charge is -2.28. The van der Waals surface area contributed by atoms with Crippen molar-refractivity contribution in [3.8, 4) is 0 Å². The number of imidazole rings is 3. The van der Waals surface area contributed by atoms with Gasteiger partial charge in [0.15, 0.2) is 21.8 Å². The molecule has 0 bridgehead atoms. The van der Waals surface area contributed by atoms with Crippen molar-refractivity contribution >= 4 is 47.5 Å². The molecule has 13 heteroatoms. The lowest BCUT2D eigenvalue weighted by atomic mass is 9.95. The maximum Gasteiger partial charge on any atom is 0.356 e. The molecule has 3 aliphatic rings. The molecule has 0 radical (unpaired) electrons. The molecule has 1 N–H and O–H groups in total. The lowest BCUT2D eigenvalue weighted by molar-refractivity contribution is 0.0510. The third kappa shape index (κ3) is 11.0. The van der Waals surface area contributed by atoms with Gasteiger partial charge in [0, 0.05) is 14.2 Å². The predicted octanol–water partition coefficient (Wildman–Crippen LogP) is 12.6. The highest BCUT2D eigenvalue weighted by molar-refractivity contribution is 8.01. The van der Waals surface area contributed by atoms with Gasteiger partial charge in [-0.15, -0.1) is 0 Å². The molecule has 0 saturated heterocycles. The van der Waals surface area contributed by atoms with Crippen LogP contribution in [0, 0.1) is 0 Å². The van der Waals surface area contributed by atoms with Crippen molar-refractivity contribution in [1.29, 1.82) is 0 Å². The number of hydrogen-bond acceptors (Lipinski definition) is 10. The zero-order chi connectivity index (χ0) is 46.5. The molecule has 0 fully saturated rings. The average Bonchev–Trinajstić information content (AvgIpc) is 4.13. The van der Waals surface area contributed by atoms with Crippen LogP contribution in [0.5, 0.6) is 0 Å². The van der Waals surface area contributed by atoms with Crippen LogP contribution in [0.25, 0.3) is 0 Å². The van der Waals surface area contributed by atoms with E-state index in [0.29, 0.717) is 18.0 Å². The fourth-order valence-corrected chi connectivity index (χ4v) is 11.7. The van der Waals surface area contributed by atoms with Gasteiger partial charge in [0.1, 0.15) is 11.4 Å². The van der Waals surface area contributed by atoms with E-state index in [1.807, 2.05) is 100 Å². The molecule has 0 spiro atoms. The van der Waals surface area contributed by atoms with Crippen molar-refractivity contribution in [3.63, 3.8) is 0 Å². The second-order valence-electron chi connectivity index (χ2n) is 15.6. The Morgan fingerprint density at radius 2 is 0.968 bits per heavy atom. The van der Waals surface area contributed by atoms with E-state index in [1.54, 1.807) is 53.9 Å². The standard InChI is InChI=1S/C16H18N2O2S.C14H16N2OS.C14H14N2OS.3C2H6/c1-4-20-14(19)12-10-17-15-18(12)13(16(2,3)21-15)11-8-6-5-7-9-11;2*1-14(2)12(10-6-4-3-5-7-10)16-11(9-17)8-15-13(16)18-14;3*1-2/h5-10,13H,4H2,1-3H3;3-8,12,17H,9H2,1-2H3;3-9,12H,1-2H3;3*1-2H3. The molecule has 0 aliphatic carbocycles. The van der Waals surface area contributed by atoms with E-state index < -0.39 is 0 Å². The van der Waals surface area contributed by atoms with Crippen LogP contribution in [0.4, 0.5) is 0 Å². The van der Waals surface area contributed by atoms with Crippen molar-refractivity contribution in [2.75, 3.05) is 6.61 Å². The SMILES string of the molecule is CC.CC.CC.CC1(C)Sc2ncc(C=O)n2C1c1ccccc1.CC1(C)Sc2ncc(CO)n2C1c1ccccc1.CCOC(=O)c1cnc2n1C(c1ccccc1)C(C)(C)S2. The first kappa shape index (κ1) is 51.1. The molecule has 9 rings (SSSR count). The molecule has 3 unspecified atom stereocenters. The summed E-state index contributed by atoms with van der Waals surface area (Å²) in [7, 11) is 0. The van der Waals surface area contributed by atoms with E-state index in [-0.39, 0.29) is 44.9 Å². The highest BCUT2D eigenvalue weighted by Crippen LogP contribution is 2.53. The highest BCUT2D eigenvalue weighted by Gasteiger charge is 2.45. The first-order valence-electron chi connectivity index (χ1n) is 22.0. The molecule has 3 aromatic heterocycles. The van der Waals surface area contributed by atoms with Gasteiger partial charge >= 0.3 is 5.97 Å². The summed E-state index contributed by atoms with van der Waals surface area (Å²) >= 11 is 5.20. The molecular weight excluding hydrogens is 845 g/mol. The fourth-order valence-electron chi connectivity index (χ4n) is 8.01. The number of ether oxygens (including phenoxy) is 1. The Balaban J connectivity index is 0.000000196. The molecule has 3 aliphatic heterocycles. The zero-order valence-electron chi connectivity index (χ0n) is 39.2. The van der Waals surface area contributed by atoms with Crippen LogP contribution in [0.2, 0.25) is 0 Å². The Hall–Kier alpha value is -4.56. The van der Waals surface area contributed by atoms with E-state index in [1.165, 1.54) is 16.7 Å². The maximum absolute atomic E-state index is 12.2. The normalized spacial score (nSPS) is 18.6. The van der Waals surface area contributed by atoms with Crippen LogP contribution in [0.15, 0.2) is 125 Å². The van der Waals surface area contributed by atoms with Gasteiger partial charge < -0.3 is 23.5 Å². The topological polar surface area (TPSA) is 117 Å². The largest absolute Gasteiger partial charge is 0.461 e. The van der Waals surface area contributed by atoms with Gasteiger partial charge in [0.25, 0.3) is 0 Å². The molecule has 6 heterocycles. The lowest BCUT2D eigenvalue weighted by Crippen LogP contribution is -2.27. The third-order valence-corrected chi connectivity index (χ3v) is 14.0. The van der Waals surface area contributed by atoms with Crippen LogP contribution in [0.3, 0.4) is 0 Å². The molecule has 10 nitrogen and oxygen atoms in total. The van der Waals surface area contributed by atoms with Crippen molar-refractivity contribution in [2.24, 2.45) is 0 Å². The first-order chi connectivity index (χ1) is 30.3. The molecule has 338 valence electrons. The molecule has 3 atom stereocenters. The van der Waals surface area contributed by atoms with Gasteiger partial charge in [0.05, 0.1) is 55.6 Å². The van der Waals surface area contributed by atoms with Gasteiger partial charge in [-0.2, -0.15) is 0 Å². The van der Waals surface area contributed by atoms with Gasteiger partial charge in [-0.05, 0) is 65.2 Å². The molecule has 3 aromatic carbocycles. The maximum atomic E-state index is 12.2. The van der Waals surface area contributed by atoms with E-state index >= 15 is 0 Å². The van der Waals surface area contributed by atoms with Gasteiger partial charge in [-0.25, -0.2) is 19.7 Å². The Kier molecular flexibility index (Phi) is 18.5. The number of hydrogen-bond donors (Lipinski definition) is 1. The van der Waals surface area contributed by atoms with E-state index in [0.717, 1.165) is 27.4 Å². The Labute approximate surface area is 388 Å². The number of aliphatic hydroxyl groups excluding tert-OH is 1. The Morgan fingerprint density at radius 1 is 0.603 bits per heavy atom. The summed E-state index contributed by atoms with van der Waals surface area (Å²) in [6, 6.07) is 31.4.